The van der Waals surface area contributed by atoms with Gasteiger partial charge in [0.1, 0.15) is 5.57 Å². The van der Waals surface area contributed by atoms with Crippen LogP contribution in [0.2, 0.25) is 0 Å². The molecule has 4 amide bonds. The molecule has 1 fully saturated rings. The first-order valence-electron chi connectivity index (χ1n) is 10.9. The number of methoxy groups -OCH3 is 1. The lowest BCUT2D eigenvalue weighted by molar-refractivity contribution is -0.387. The fourth-order valence-electron chi connectivity index (χ4n) is 3.58. The summed E-state index contributed by atoms with van der Waals surface area (Å²) >= 11 is 0. The number of carbonyl (C=O) groups is 3. The van der Waals surface area contributed by atoms with Crippen molar-refractivity contribution in [2.24, 2.45) is 0 Å². The molecule has 0 aliphatic carbocycles. The molecule has 1 aliphatic heterocycles. The third kappa shape index (κ3) is 5.08. The molecule has 0 bridgehead atoms. The minimum absolute atomic E-state index is 0.100. The van der Waals surface area contributed by atoms with Gasteiger partial charge in [-0.05, 0) is 48.9 Å². The first kappa shape index (κ1) is 26.0. The summed E-state index contributed by atoms with van der Waals surface area (Å²) in [5.41, 5.74) is 0.395. The van der Waals surface area contributed by atoms with E-state index in [0.717, 1.165) is 22.6 Å². The summed E-state index contributed by atoms with van der Waals surface area (Å²) in [6.07, 6.45) is 1.20. The van der Waals surface area contributed by atoms with E-state index in [1.54, 1.807) is 24.3 Å². The van der Waals surface area contributed by atoms with Gasteiger partial charge < -0.3 is 8.92 Å². The number of carbonyl (C=O) groups excluding carboxylic acids is 3. The number of amides is 4. The van der Waals surface area contributed by atoms with Crippen LogP contribution in [-0.4, -0.2) is 38.3 Å². The molecule has 13 heteroatoms. The number of urea groups is 1. The molecule has 3 aromatic rings. The maximum absolute atomic E-state index is 13.1. The van der Waals surface area contributed by atoms with Gasteiger partial charge in [-0.3, -0.25) is 25.0 Å². The van der Waals surface area contributed by atoms with Crippen LogP contribution in [0.3, 0.4) is 0 Å². The molecule has 0 aromatic heterocycles. The van der Waals surface area contributed by atoms with Crippen molar-refractivity contribution in [3.63, 3.8) is 0 Å². The molecule has 194 valence electrons. The quantitative estimate of drug-likeness (QED) is 0.157. The predicted molar refractivity (Wildman–Crippen MR) is 134 cm³/mol. The molecule has 0 spiro atoms. The van der Waals surface area contributed by atoms with Crippen LogP contribution < -0.4 is 19.1 Å². The second-order valence-corrected chi connectivity index (χ2v) is 9.48. The number of hydrogen-bond donors (Lipinski definition) is 1. The van der Waals surface area contributed by atoms with Crippen molar-refractivity contribution >= 4 is 45.4 Å². The second-order valence-electron chi connectivity index (χ2n) is 7.97. The zero-order valence-electron chi connectivity index (χ0n) is 19.9. The fourth-order valence-corrected chi connectivity index (χ4v) is 4.69. The van der Waals surface area contributed by atoms with Crippen molar-refractivity contribution in [1.29, 1.82) is 0 Å². The molecular formula is C25H19N3O9S. The van der Waals surface area contributed by atoms with Gasteiger partial charge in [0.2, 0.25) is 0 Å². The van der Waals surface area contributed by atoms with Crippen LogP contribution >= 0.6 is 0 Å². The number of nitro groups is 1. The predicted octanol–water partition coefficient (Wildman–Crippen LogP) is 3.35. The molecule has 4 rings (SSSR count). The summed E-state index contributed by atoms with van der Waals surface area (Å²) in [6.45, 7) is 1.84. The normalized spacial score (nSPS) is 14.8. The first-order valence-corrected chi connectivity index (χ1v) is 12.3. The third-order valence-electron chi connectivity index (χ3n) is 5.42. The SMILES string of the molecule is COc1cc(/C=C2\C(=O)NC(=O)N(c3ccc(C)cc3)C2=O)ccc1OS(=O)(=O)c1ccccc1[N+](=O)[O-]. The number of anilines is 1. The van der Waals surface area contributed by atoms with Crippen molar-refractivity contribution in [2.75, 3.05) is 12.0 Å². The van der Waals surface area contributed by atoms with Crippen molar-refractivity contribution in [1.82, 2.24) is 5.32 Å². The first-order chi connectivity index (χ1) is 18.0. The monoisotopic (exact) mass is 537 g/mol. The van der Waals surface area contributed by atoms with Gasteiger partial charge in [0.15, 0.2) is 16.4 Å². The molecule has 12 nitrogen and oxygen atoms in total. The van der Waals surface area contributed by atoms with Crippen molar-refractivity contribution < 1.29 is 36.6 Å². The molecule has 0 radical (unpaired) electrons. The lowest BCUT2D eigenvalue weighted by Gasteiger charge is -2.26. The second kappa shape index (κ2) is 10.1. The Labute approximate surface area is 216 Å². The molecule has 1 saturated heterocycles. The number of hydrogen-bond acceptors (Lipinski definition) is 9. The Hall–Kier alpha value is -5.04. The van der Waals surface area contributed by atoms with E-state index in [1.165, 1.54) is 43.5 Å². The average molecular weight is 538 g/mol. The van der Waals surface area contributed by atoms with E-state index in [4.69, 9.17) is 8.92 Å². The number of para-hydroxylation sites is 1. The van der Waals surface area contributed by atoms with Crippen LogP contribution in [0.4, 0.5) is 16.2 Å². The van der Waals surface area contributed by atoms with Gasteiger partial charge in [-0.2, -0.15) is 8.42 Å². The Morgan fingerprint density at radius 3 is 2.32 bits per heavy atom. The van der Waals surface area contributed by atoms with E-state index in [0.29, 0.717) is 0 Å². The Kier molecular flexibility index (Phi) is 6.95. The Balaban J connectivity index is 1.67. The average Bonchev–Trinajstić information content (AvgIpc) is 2.88. The zero-order valence-corrected chi connectivity index (χ0v) is 20.7. The number of aryl methyl sites for hydroxylation is 1. The zero-order chi connectivity index (χ0) is 27.6. The van der Waals surface area contributed by atoms with E-state index in [9.17, 15) is 32.9 Å². The van der Waals surface area contributed by atoms with Gasteiger partial charge in [-0.25, -0.2) is 9.69 Å². The molecule has 1 aliphatic rings. The summed E-state index contributed by atoms with van der Waals surface area (Å²) in [5, 5.41) is 13.4. The summed E-state index contributed by atoms with van der Waals surface area (Å²) in [6, 6.07) is 14.2. The van der Waals surface area contributed by atoms with Crippen LogP contribution in [0, 0.1) is 17.0 Å². The molecule has 38 heavy (non-hydrogen) atoms. The summed E-state index contributed by atoms with van der Waals surface area (Å²) in [4.78, 5) is 48.5. The maximum Gasteiger partial charge on any atom is 0.346 e. The largest absolute Gasteiger partial charge is 0.493 e. The van der Waals surface area contributed by atoms with E-state index in [1.807, 2.05) is 6.92 Å². The summed E-state index contributed by atoms with van der Waals surface area (Å²) in [7, 11) is -3.40. The Morgan fingerprint density at radius 2 is 1.66 bits per heavy atom. The van der Waals surface area contributed by atoms with Gasteiger partial charge in [0.25, 0.3) is 17.5 Å². The third-order valence-corrected chi connectivity index (χ3v) is 6.71. The van der Waals surface area contributed by atoms with Crippen LogP contribution in [0.25, 0.3) is 6.08 Å². The topological polar surface area (TPSA) is 162 Å². The van der Waals surface area contributed by atoms with Gasteiger partial charge in [-0.15, -0.1) is 0 Å². The van der Waals surface area contributed by atoms with Crippen LogP contribution in [0.1, 0.15) is 11.1 Å². The number of rotatable bonds is 7. The smallest absolute Gasteiger partial charge is 0.346 e. The summed E-state index contributed by atoms with van der Waals surface area (Å²) < 4.78 is 35.9. The van der Waals surface area contributed by atoms with Crippen LogP contribution in [0.5, 0.6) is 11.5 Å². The molecule has 0 saturated carbocycles. The van der Waals surface area contributed by atoms with E-state index in [-0.39, 0.29) is 28.3 Å². The van der Waals surface area contributed by atoms with Crippen molar-refractivity contribution in [2.45, 2.75) is 11.8 Å². The Morgan fingerprint density at radius 1 is 0.974 bits per heavy atom. The van der Waals surface area contributed by atoms with Crippen LogP contribution in [-0.2, 0) is 19.7 Å². The number of barbiturate groups is 1. The van der Waals surface area contributed by atoms with Gasteiger partial charge in [0.05, 0.1) is 17.7 Å². The van der Waals surface area contributed by atoms with E-state index < -0.39 is 43.5 Å². The van der Waals surface area contributed by atoms with Crippen molar-refractivity contribution in [3.05, 3.63) is 93.5 Å². The van der Waals surface area contributed by atoms with E-state index in [2.05, 4.69) is 5.32 Å². The molecule has 0 atom stereocenters. The van der Waals surface area contributed by atoms with Crippen molar-refractivity contribution in [3.8, 4) is 11.5 Å². The molecule has 1 heterocycles. The lowest BCUT2D eigenvalue weighted by Crippen LogP contribution is -2.54. The number of nitrogens with one attached hydrogen (secondary N) is 1. The lowest BCUT2D eigenvalue weighted by atomic mass is 10.1. The minimum atomic E-state index is -4.63. The fraction of sp³-hybridized carbons (Fsp3) is 0.0800. The molecular weight excluding hydrogens is 518 g/mol. The van der Waals surface area contributed by atoms with Gasteiger partial charge >= 0.3 is 16.1 Å². The molecule has 1 N–H and O–H groups in total. The molecule has 0 unspecified atom stereocenters. The number of nitro benzene ring substituents is 1. The number of nitrogens with zero attached hydrogens (tertiary/aromatic N) is 2. The standard InChI is InChI=1S/C25H19N3O9S/c1-15-7-10-17(11-8-15)27-24(30)18(23(29)26-25(27)31)13-16-9-12-20(21(14-16)36-2)37-38(34,35)22-6-4-3-5-19(22)28(32)33/h3-14H,1-2H3,(H,26,29,31)/b18-13+. The highest BCUT2D eigenvalue weighted by Gasteiger charge is 2.37. The number of ether oxygens (including phenoxy) is 1. The molecule has 3 aromatic carbocycles. The maximum atomic E-state index is 13.1. The number of benzene rings is 3. The summed E-state index contributed by atoms with van der Waals surface area (Å²) in [5.74, 6) is -2.16. The minimum Gasteiger partial charge on any atom is -0.493 e. The van der Waals surface area contributed by atoms with Gasteiger partial charge in [0, 0.05) is 6.07 Å². The highest BCUT2D eigenvalue weighted by molar-refractivity contribution is 7.87. The Bertz CT molecular complexity index is 1610. The van der Waals surface area contributed by atoms with Gasteiger partial charge in [-0.1, -0.05) is 35.9 Å². The van der Waals surface area contributed by atoms with Crippen LogP contribution in [0.15, 0.2) is 77.2 Å². The highest BCUT2D eigenvalue weighted by Crippen LogP contribution is 2.34. The van der Waals surface area contributed by atoms with E-state index >= 15 is 0 Å². The number of imide groups is 2. The highest BCUT2D eigenvalue weighted by atomic mass is 32.2.